The lowest BCUT2D eigenvalue weighted by Gasteiger charge is -2.18. The lowest BCUT2D eigenvalue weighted by Crippen LogP contribution is -2.34. The number of nitrogens with zero attached hydrogens (tertiary/aromatic N) is 2. The summed E-state index contributed by atoms with van der Waals surface area (Å²) in [6.45, 7) is 0. The molecule has 1 aliphatic rings. The second-order valence-electron chi connectivity index (χ2n) is 6.06. The Hall–Kier alpha value is -2.83. The fourth-order valence-corrected chi connectivity index (χ4v) is 3.36. The maximum atomic E-state index is 13.1. The second kappa shape index (κ2) is 8.04. The van der Waals surface area contributed by atoms with E-state index in [0.717, 1.165) is 4.42 Å². The van der Waals surface area contributed by atoms with Crippen LogP contribution in [0.3, 0.4) is 0 Å². The van der Waals surface area contributed by atoms with Crippen molar-refractivity contribution in [1.29, 1.82) is 0 Å². The molecule has 0 fully saturated rings. The van der Waals surface area contributed by atoms with E-state index in [4.69, 9.17) is 23.4 Å². The number of ether oxygens (including phenoxy) is 1. The number of benzene rings is 2. The minimum Gasteiger partial charge on any atom is -0.466 e. The van der Waals surface area contributed by atoms with Crippen LogP contribution in [0.4, 0.5) is 11.4 Å². The highest BCUT2D eigenvalue weighted by Crippen LogP contribution is 2.41. The van der Waals surface area contributed by atoms with Crippen LogP contribution in [0.2, 0.25) is 5.02 Å². The zero-order chi connectivity index (χ0) is 20.4. The van der Waals surface area contributed by atoms with Gasteiger partial charge in [0.05, 0.1) is 12.8 Å². The van der Waals surface area contributed by atoms with Gasteiger partial charge in [0.25, 0.3) is 5.91 Å². The molecule has 3 rings (SSSR count). The van der Waals surface area contributed by atoms with E-state index in [9.17, 15) is 14.4 Å². The van der Waals surface area contributed by atoms with Gasteiger partial charge in [0.15, 0.2) is 0 Å². The Morgan fingerprint density at radius 1 is 1.18 bits per heavy atom. The Bertz CT molecular complexity index is 973. The van der Waals surface area contributed by atoms with Crippen LogP contribution in [0.25, 0.3) is 6.08 Å². The van der Waals surface area contributed by atoms with E-state index >= 15 is 0 Å². The van der Waals surface area contributed by atoms with E-state index in [1.165, 1.54) is 24.2 Å². The highest BCUT2D eigenvalue weighted by Gasteiger charge is 2.43. The van der Waals surface area contributed by atoms with Crippen LogP contribution in [0, 0.1) is 0 Å². The lowest BCUT2D eigenvalue weighted by molar-refractivity contribution is -0.134. The molecule has 0 aliphatic carbocycles. The second-order valence-corrected chi connectivity index (χ2v) is 6.84. The zero-order valence-corrected chi connectivity index (χ0v) is 16.6. The number of carbonyl (C=O) groups excluding carboxylic acids is 3. The molecule has 1 aliphatic heterocycles. The molecule has 0 saturated heterocycles. The summed E-state index contributed by atoms with van der Waals surface area (Å²) < 4.78 is 5.51. The van der Waals surface area contributed by atoms with E-state index < -0.39 is 23.7 Å². The summed E-state index contributed by atoms with van der Waals surface area (Å²) >= 11 is 12.1. The molecule has 1 heterocycles. The van der Waals surface area contributed by atoms with Crippen molar-refractivity contribution in [3.05, 3.63) is 64.7 Å². The first-order valence-electron chi connectivity index (χ1n) is 8.27. The number of anilines is 2. The molecule has 1 unspecified atom stereocenters. The highest BCUT2D eigenvalue weighted by atomic mass is 35.5. The Morgan fingerprint density at radius 2 is 1.86 bits per heavy atom. The van der Waals surface area contributed by atoms with E-state index in [0.29, 0.717) is 27.5 Å². The van der Waals surface area contributed by atoms with Gasteiger partial charge in [0.2, 0.25) is 5.91 Å². The van der Waals surface area contributed by atoms with E-state index in [1.807, 2.05) is 0 Å². The molecule has 0 bridgehead atoms. The molecule has 2 aromatic rings. The van der Waals surface area contributed by atoms with Gasteiger partial charge in [-0.25, -0.2) is 9.21 Å². The molecule has 2 amide bonds. The molecule has 0 N–H and O–H groups in total. The average Bonchev–Trinajstić information content (AvgIpc) is 2.96. The number of hydrogen-bond acceptors (Lipinski definition) is 4. The number of halogens is 2. The minimum atomic E-state index is -1.13. The maximum Gasteiger partial charge on any atom is 0.330 e. The van der Waals surface area contributed by atoms with Crippen LogP contribution in [0.5, 0.6) is 0 Å². The molecule has 1 atom stereocenters. The number of methoxy groups -OCH3 is 1. The number of amides is 2. The summed E-state index contributed by atoms with van der Waals surface area (Å²) in [5.41, 5.74) is 2.01. The Labute approximate surface area is 172 Å². The smallest absolute Gasteiger partial charge is 0.330 e. The molecular weight excluding hydrogens is 403 g/mol. The topological polar surface area (TPSA) is 66.9 Å². The Kier molecular flexibility index (Phi) is 5.72. The quantitative estimate of drug-likeness (QED) is 0.328. The summed E-state index contributed by atoms with van der Waals surface area (Å²) in [7, 11) is 2.85. The van der Waals surface area contributed by atoms with E-state index in [2.05, 4.69) is 4.74 Å². The molecule has 2 aromatic carbocycles. The number of hydrogen-bond donors (Lipinski definition) is 0. The van der Waals surface area contributed by atoms with Crippen LogP contribution >= 0.6 is 23.4 Å². The van der Waals surface area contributed by atoms with Gasteiger partial charge in [-0.1, -0.05) is 23.7 Å². The molecule has 0 aromatic heterocycles. The Morgan fingerprint density at radius 3 is 2.50 bits per heavy atom. The molecule has 28 heavy (non-hydrogen) atoms. The van der Waals surface area contributed by atoms with Crippen molar-refractivity contribution in [2.45, 2.75) is 5.92 Å². The predicted molar refractivity (Wildman–Crippen MR) is 108 cm³/mol. The summed E-state index contributed by atoms with van der Waals surface area (Å²) in [6, 6.07) is 11.6. The van der Waals surface area contributed by atoms with Gasteiger partial charge >= 0.3 is 5.97 Å². The van der Waals surface area contributed by atoms with Gasteiger partial charge in [-0.05, 0) is 42.0 Å². The minimum absolute atomic E-state index is 0.391. The molecule has 0 radical (unpaired) electrons. The van der Waals surface area contributed by atoms with Crippen LogP contribution in [0.15, 0.2) is 48.5 Å². The molecule has 8 heteroatoms. The maximum absolute atomic E-state index is 13.1. The fraction of sp³-hybridized carbons (Fsp3) is 0.150. The number of esters is 1. The third kappa shape index (κ3) is 3.61. The highest BCUT2D eigenvalue weighted by molar-refractivity contribution is 6.40. The van der Waals surface area contributed by atoms with E-state index in [1.54, 1.807) is 49.5 Å². The third-order valence-corrected chi connectivity index (χ3v) is 5.05. The first-order chi connectivity index (χ1) is 13.3. The number of carbonyl (C=O) groups is 3. The third-order valence-electron chi connectivity index (χ3n) is 4.44. The largest absolute Gasteiger partial charge is 0.466 e. The number of rotatable bonds is 4. The van der Waals surface area contributed by atoms with E-state index in [-0.39, 0.29) is 0 Å². The van der Waals surface area contributed by atoms with Gasteiger partial charge in [-0.2, -0.15) is 0 Å². The van der Waals surface area contributed by atoms with Crippen molar-refractivity contribution in [3.8, 4) is 0 Å². The van der Waals surface area contributed by atoms with Gasteiger partial charge in [0.1, 0.15) is 5.92 Å². The average molecular weight is 419 g/mol. The summed E-state index contributed by atoms with van der Waals surface area (Å²) in [5, 5.41) is 0.499. The van der Waals surface area contributed by atoms with Crippen molar-refractivity contribution < 1.29 is 19.1 Å². The SMILES string of the molecule is COC(=O)C=Cc1cccc2c1C(C(=O)N(Cl)c1ccc(Cl)cc1)C(=O)N2C. The molecule has 144 valence electrons. The van der Waals surface area contributed by atoms with Crippen molar-refractivity contribution in [3.63, 3.8) is 0 Å². The number of fused-ring (bicyclic) bond motifs is 1. The van der Waals surface area contributed by atoms with Crippen molar-refractivity contribution in [2.24, 2.45) is 0 Å². The monoisotopic (exact) mass is 418 g/mol. The van der Waals surface area contributed by atoms with Crippen LogP contribution in [-0.2, 0) is 19.1 Å². The summed E-state index contributed by atoms with van der Waals surface area (Å²) in [5.74, 6) is -2.68. The number of likely N-dealkylation sites (N-methyl/N-ethyl adjacent to an activating group) is 1. The zero-order valence-electron chi connectivity index (χ0n) is 15.1. The van der Waals surface area contributed by atoms with Gasteiger partial charge in [-0.15, -0.1) is 0 Å². The van der Waals surface area contributed by atoms with Crippen LogP contribution in [0.1, 0.15) is 17.0 Å². The van der Waals surface area contributed by atoms with Gasteiger partial charge in [0, 0.05) is 41.2 Å². The van der Waals surface area contributed by atoms with Crippen molar-refractivity contribution >= 4 is 58.6 Å². The first kappa shape index (κ1) is 19.9. The normalized spacial score (nSPS) is 15.6. The van der Waals surface area contributed by atoms with Crippen molar-refractivity contribution in [1.82, 2.24) is 0 Å². The molecule has 0 spiro atoms. The van der Waals surface area contributed by atoms with Gasteiger partial charge in [-0.3, -0.25) is 9.59 Å². The standard InChI is InChI=1S/C20H16Cl2N2O4/c1-23-15-5-3-4-12(6-11-16(25)28-2)17(15)18(19(23)26)20(27)24(22)14-9-7-13(21)8-10-14/h3-11,18H,1-2H3. The van der Waals surface area contributed by atoms with Crippen LogP contribution in [-0.4, -0.2) is 31.9 Å². The van der Waals surface area contributed by atoms with Crippen LogP contribution < -0.4 is 9.32 Å². The molecule has 0 saturated carbocycles. The summed E-state index contributed by atoms with van der Waals surface area (Å²) in [4.78, 5) is 38.8. The summed E-state index contributed by atoms with van der Waals surface area (Å²) in [6.07, 6.45) is 2.75. The molecule has 6 nitrogen and oxygen atoms in total. The van der Waals surface area contributed by atoms with Gasteiger partial charge < -0.3 is 9.64 Å². The molecular formula is C20H16Cl2N2O4. The lowest BCUT2D eigenvalue weighted by atomic mass is 9.94. The predicted octanol–water partition coefficient (Wildman–Crippen LogP) is 3.77. The first-order valence-corrected chi connectivity index (χ1v) is 8.98. The fourth-order valence-electron chi connectivity index (χ4n) is 3.03. The Balaban J connectivity index is 2.02. The van der Waals surface area contributed by atoms with Crippen molar-refractivity contribution in [2.75, 3.05) is 23.5 Å².